The van der Waals surface area contributed by atoms with Crippen LogP contribution in [-0.4, -0.2) is 51.0 Å². The fourth-order valence-electron chi connectivity index (χ4n) is 4.29. The number of anilines is 1. The van der Waals surface area contributed by atoms with Gasteiger partial charge in [-0.15, -0.1) is 0 Å². The van der Waals surface area contributed by atoms with Gasteiger partial charge in [0.2, 0.25) is 21.8 Å². The highest BCUT2D eigenvalue weighted by Crippen LogP contribution is 2.20. The van der Waals surface area contributed by atoms with Gasteiger partial charge in [0.1, 0.15) is 6.04 Å². The van der Waals surface area contributed by atoms with Crippen molar-refractivity contribution < 1.29 is 18.0 Å². The number of rotatable bonds is 12. The Kier molecular flexibility index (Phi) is 9.85. The first-order chi connectivity index (χ1) is 17.7. The van der Waals surface area contributed by atoms with Crippen LogP contribution in [0.5, 0.6) is 0 Å². The van der Waals surface area contributed by atoms with Crippen LogP contribution < -0.4 is 9.62 Å². The molecule has 196 valence electrons. The Balaban J connectivity index is 1.84. The topological polar surface area (TPSA) is 86.8 Å². The Hall–Kier alpha value is -3.65. The van der Waals surface area contributed by atoms with E-state index in [-0.39, 0.29) is 31.3 Å². The number of hydrogen-bond acceptors (Lipinski definition) is 4. The second-order valence-electron chi connectivity index (χ2n) is 9.04. The van der Waals surface area contributed by atoms with E-state index in [1.54, 1.807) is 36.2 Å². The van der Waals surface area contributed by atoms with Gasteiger partial charge in [0.05, 0.1) is 11.9 Å². The van der Waals surface area contributed by atoms with Crippen LogP contribution in [0.25, 0.3) is 0 Å². The number of aryl methyl sites for hydroxylation is 1. The summed E-state index contributed by atoms with van der Waals surface area (Å²) < 4.78 is 26.2. The molecule has 37 heavy (non-hydrogen) atoms. The smallest absolute Gasteiger partial charge is 0.242 e. The van der Waals surface area contributed by atoms with Gasteiger partial charge >= 0.3 is 0 Å². The maximum atomic E-state index is 13.7. The van der Waals surface area contributed by atoms with Crippen molar-refractivity contribution in [2.24, 2.45) is 0 Å². The normalized spacial score (nSPS) is 12.0. The zero-order valence-electron chi connectivity index (χ0n) is 21.6. The molecule has 0 fully saturated rings. The Morgan fingerprint density at radius 2 is 1.49 bits per heavy atom. The predicted octanol–water partition coefficient (Wildman–Crippen LogP) is 3.93. The first-order valence-electron chi connectivity index (χ1n) is 12.3. The molecule has 0 saturated heterocycles. The van der Waals surface area contributed by atoms with Crippen LogP contribution in [0.1, 0.15) is 29.5 Å². The third kappa shape index (κ3) is 7.92. The first kappa shape index (κ1) is 27.9. The van der Waals surface area contributed by atoms with E-state index in [0.717, 1.165) is 22.9 Å². The van der Waals surface area contributed by atoms with E-state index in [4.69, 9.17) is 0 Å². The van der Waals surface area contributed by atoms with Crippen molar-refractivity contribution in [3.8, 4) is 0 Å². The summed E-state index contributed by atoms with van der Waals surface area (Å²) in [5, 5.41) is 2.72. The summed E-state index contributed by atoms with van der Waals surface area (Å²) >= 11 is 0. The first-order valence-corrected chi connectivity index (χ1v) is 14.2. The molecule has 1 atom stereocenters. The standard InChI is InChI=1S/C29H35N3O4S/c1-23-13-10-11-16-25(23)22-31(27(29(34)30-2)21-24-14-6-4-7-15-24)28(33)19-12-20-32(37(3,35)36)26-17-8-5-9-18-26/h4-11,13-18,27H,12,19-22H2,1-3H3,(H,30,34). The summed E-state index contributed by atoms with van der Waals surface area (Å²) in [4.78, 5) is 28.3. The van der Waals surface area contributed by atoms with E-state index in [0.29, 0.717) is 18.5 Å². The number of hydrogen-bond donors (Lipinski definition) is 1. The lowest BCUT2D eigenvalue weighted by Gasteiger charge is -2.32. The van der Waals surface area contributed by atoms with Crippen LogP contribution in [-0.2, 0) is 32.6 Å². The quantitative estimate of drug-likeness (QED) is 0.391. The molecule has 0 aliphatic heterocycles. The number of likely N-dealkylation sites (N-methyl/N-ethyl adjacent to an activating group) is 1. The Bertz CT molecular complexity index is 1280. The molecular formula is C29H35N3O4S. The molecule has 0 spiro atoms. The Morgan fingerprint density at radius 1 is 0.892 bits per heavy atom. The molecule has 0 radical (unpaired) electrons. The van der Waals surface area contributed by atoms with Crippen molar-refractivity contribution in [3.05, 3.63) is 102 Å². The lowest BCUT2D eigenvalue weighted by Crippen LogP contribution is -2.50. The molecule has 0 aliphatic rings. The third-order valence-electron chi connectivity index (χ3n) is 6.32. The number of sulfonamides is 1. The molecule has 3 aromatic carbocycles. The van der Waals surface area contributed by atoms with Gasteiger partial charge in [0.15, 0.2) is 0 Å². The summed E-state index contributed by atoms with van der Waals surface area (Å²) in [7, 11) is -1.95. The molecule has 0 aromatic heterocycles. The van der Waals surface area contributed by atoms with E-state index in [9.17, 15) is 18.0 Å². The fraction of sp³-hybridized carbons (Fsp3) is 0.310. The highest BCUT2D eigenvalue weighted by Gasteiger charge is 2.30. The highest BCUT2D eigenvalue weighted by molar-refractivity contribution is 7.92. The molecule has 2 amide bonds. The molecule has 0 bridgehead atoms. The number of para-hydroxylation sites is 1. The Labute approximate surface area is 220 Å². The van der Waals surface area contributed by atoms with Crippen molar-refractivity contribution in [1.82, 2.24) is 10.2 Å². The van der Waals surface area contributed by atoms with Crippen molar-refractivity contribution in [1.29, 1.82) is 0 Å². The summed E-state index contributed by atoms with van der Waals surface area (Å²) in [5.41, 5.74) is 3.50. The van der Waals surface area contributed by atoms with Crippen LogP contribution in [0.4, 0.5) is 5.69 Å². The number of carbonyl (C=O) groups excluding carboxylic acids is 2. The molecule has 1 N–H and O–H groups in total. The van der Waals surface area contributed by atoms with E-state index in [1.165, 1.54) is 4.31 Å². The van der Waals surface area contributed by atoms with Gasteiger partial charge in [-0.05, 0) is 42.2 Å². The number of carbonyl (C=O) groups is 2. The monoisotopic (exact) mass is 521 g/mol. The molecule has 3 rings (SSSR count). The van der Waals surface area contributed by atoms with Gasteiger partial charge in [0, 0.05) is 33.0 Å². The fourth-order valence-corrected chi connectivity index (χ4v) is 5.26. The number of benzene rings is 3. The minimum atomic E-state index is -3.52. The van der Waals surface area contributed by atoms with Gasteiger partial charge in [-0.25, -0.2) is 8.42 Å². The molecule has 3 aromatic rings. The molecule has 0 aliphatic carbocycles. The zero-order chi connectivity index (χ0) is 26.8. The molecule has 0 heterocycles. The third-order valence-corrected chi connectivity index (χ3v) is 7.51. The van der Waals surface area contributed by atoms with Gasteiger partial charge in [-0.3, -0.25) is 13.9 Å². The average Bonchev–Trinajstić information content (AvgIpc) is 2.89. The maximum absolute atomic E-state index is 13.7. The van der Waals surface area contributed by atoms with E-state index < -0.39 is 16.1 Å². The lowest BCUT2D eigenvalue weighted by molar-refractivity contribution is -0.141. The van der Waals surface area contributed by atoms with E-state index in [2.05, 4.69) is 5.32 Å². The maximum Gasteiger partial charge on any atom is 0.242 e. The average molecular weight is 522 g/mol. The summed E-state index contributed by atoms with van der Waals surface area (Å²) in [6, 6.07) is 25.5. The van der Waals surface area contributed by atoms with Crippen molar-refractivity contribution in [3.63, 3.8) is 0 Å². The van der Waals surface area contributed by atoms with Gasteiger partial charge in [-0.2, -0.15) is 0 Å². The summed E-state index contributed by atoms with van der Waals surface area (Å²) in [6.07, 6.45) is 1.95. The van der Waals surface area contributed by atoms with Crippen LogP contribution in [0, 0.1) is 6.92 Å². The highest BCUT2D eigenvalue weighted by atomic mass is 32.2. The van der Waals surface area contributed by atoms with Crippen molar-refractivity contribution >= 4 is 27.5 Å². The number of nitrogens with zero attached hydrogens (tertiary/aromatic N) is 2. The van der Waals surface area contributed by atoms with E-state index in [1.807, 2.05) is 67.6 Å². The number of nitrogens with one attached hydrogen (secondary N) is 1. The lowest BCUT2D eigenvalue weighted by atomic mass is 10.0. The SMILES string of the molecule is CNC(=O)C(Cc1ccccc1)N(Cc1ccccc1C)C(=O)CCCN(c1ccccc1)S(C)(=O)=O. The van der Waals surface area contributed by atoms with Gasteiger partial charge in [0.25, 0.3) is 0 Å². The minimum absolute atomic E-state index is 0.104. The van der Waals surface area contributed by atoms with Gasteiger partial charge in [-0.1, -0.05) is 72.8 Å². The Morgan fingerprint density at radius 3 is 2.08 bits per heavy atom. The predicted molar refractivity (Wildman–Crippen MR) is 148 cm³/mol. The van der Waals surface area contributed by atoms with Crippen LogP contribution >= 0.6 is 0 Å². The largest absolute Gasteiger partial charge is 0.357 e. The number of amides is 2. The van der Waals surface area contributed by atoms with Crippen LogP contribution in [0.15, 0.2) is 84.9 Å². The van der Waals surface area contributed by atoms with Crippen molar-refractivity contribution in [2.45, 2.75) is 38.8 Å². The molecular weight excluding hydrogens is 486 g/mol. The molecule has 7 nitrogen and oxygen atoms in total. The molecule has 0 saturated carbocycles. The molecule has 1 unspecified atom stereocenters. The van der Waals surface area contributed by atoms with Gasteiger partial charge < -0.3 is 10.2 Å². The van der Waals surface area contributed by atoms with Crippen LogP contribution in [0.2, 0.25) is 0 Å². The zero-order valence-corrected chi connectivity index (χ0v) is 22.4. The summed E-state index contributed by atoms with van der Waals surface area (Å²) in [5.74, 6) is -0.442. The minimum Gasteiger partial charge on any atom is -0.357 e. The van der Waals surface area contributed by atoms with Crippen molar-refractivity contribution in [2.75, 3.05) is 24.2 Å². The van der Waals surface area contributed by atoms with Crippen LogP contribution in [0.3, 0.4) is 0 Å². The van der Waals surface area contributed by atoms with E-state index >= 15 is 0 Å². The second-order valence-corrected chi connectivity index (χ2v) is 10.9. The second kappa shape index (κ2) is 13.1. The summed E-state index contributed by atoms with van der Waals surface area (Å²) in [6.45, 7) is 2.43. The molecule has 8 heteroatoms.